The molecular formula is C33H48N6O6. The van der Waals surface area contributed by atoms with Crippen molar-refractivity contribution in [1.29, 1.82) is 0 Å². The second kappa shape index (κ2) is 19.2. The van der Waals surface area contributed by atoms with E-state index in [-0.39, 0.29) is 18.8 Å². The van der Waals surface area contributed by atoms with Crippen LogP contribution in [0.5, 0.6) is 0 Å². The van der Waals surface area contributed by atoms with E-state index >= 15 is 0 Å². The first-order valence-electron chi connectivity index (χ1n) is 15.4. The van der Waals surface area contributed by atoms with E-state index in [9.17, 15) is 29.1 Å². The summed E-state index contributed by atoms with van der Waals surface area (Å²) in [6.07, 6.45) is 2.58. The van der Waals surface area contributed by atoms with Gasteiger partial charge in [-0.05, 0) is 43.4 Å². The molecule has 0 heterocycles. The zero-order valence-corrected chi connectivity index (χ0v) is 26.3. The molecule has 0 unspecified atom stereocenters. The molecule has 2 aromatic rings. The molecule has 0 saturated heterocycles. The highest BCUT2D eigenvalue weighted by Crippen LogP contribution is 2.11. The third-order valence-electron chi connectivity index (χ3n) is 7.67. The summed E-state index contributed by atoms with van der Waals surface area (Å²) in [5, 5.41) is 20.3. The molecule has 6 atom stereocenters. The Bertz CT molecular complexity index is 1240. The fraction of sp³-hybridized carbons (Fsp3) is 0.485. The topological polar surface area (TPSA) is 206 Å². The normalized spacial score (nSPS) is 15.0. The Morgan fingerprint density at radius 3 is 1.67 bits per heavy atom. The van der Waals surface area contributed by atoms with E-state index in [2.05, 4.69) is 21.3 Å². The van der Waals surface area contributed by atoms with Crippen LogP contribution in [0.1, 0.15) is 57.6 Å². The summed E-state index contributed by atoms with van der Waals surface area (Å²) in [6.45, 7) is 5.49. The van der Waals surface area contributed by atoms with Gasteiger partial charge in [0.1, 0.15) is 24.2 Å². The zero-order chi connectivity index (χ0) is 33.4. The molecule has 12 heteroatoms. The van der Waals surface area contributed by atoms with Crippen LogP contribution in [-0.4, -0.2) is 71.5 Å². The Hall–Kier alpha value is -4.29. The fourth-order valence-electron chi connectivity index (χ4n) is 4.65. The molecule has 4 amide bonds. The van der Waals surface area contributed by atoms with Crippen LogP contribution in [0.25, 0.3) is 0 Å². The van der Waals surface area contributed by atoms with E-state index < -0.39 is 59.8 Å². The number of carboxylic acid groups (broad SMARTS) is 1. The van der Waals surface area contributed by atoms with Gasteiger partial charge in [-0.15, -0.1) is 0 Å². The van der Waals surface area contributed by atoms with Gasteiger partial charge in [0.2, 0.25) is 23.6 Å². The Balaban J connectivity index is 2.18. The van der Waals surface area contributed by atoms with Crippen molar-refractivity contribution in [3.8, 4) is 0 Å². The smallest absolute Gasteiger partial charge is 0.326 e. The molecule has 0 fully saturated rings. The lowest BCUT2D eigenvalue weighted by molar-refractivity contribution is -0.143. The molecule has 0 aliphatic carbocycles. The first-order chi connectivity index (χ1) is 21.5. The maximum absolute atomic E-state index is 13.4. The minimum Gasteiger partial charge on any atom is -0.480 e. The zero-order valence-electron chi connectivity index (χ0n) is 26.3. The first-order valence-corrected chi connectivity index (χ1v) is 15.4. The quantitative estimate of drug-likeness (QED) is 0.112. The molecule has 0 spiro atoms. The number of carbonyl (C=O) groups excluding carboxylic acids is 4. The molecule has 12 nitrogen and oxygen atoms in total. The number of unbranched alkanes of at least 4 members (excludes halogenated alkanes) is 1. The van der Waals surface area contributed by atoms with E-state index in [4.69, 9.17) is 11.5 Å². The predicted molar refractivity (Wildman–Crippen MR) is 172 cm³/mol. The Morgan fingerprint density at radius 2 is 1.20 bits per heavy atom. The molecular weight excluding hydrogens is 576 g/mol. The lowest BCUT2D eigenvalue weighted by atomic mass is 9.98. The number of carboxylic acids is 1. The number of benzene rings is 2. The van der Waals surface area contributed by atoms with Gasteiger partial charge in [0.25, 0.3) is 0 Å². The monoisotopic (exact) mass is 624 g/mol. The van der Waals surface area contributed by atoms with E-state index in [1.807, 2.05) is 43.3 Å². The number of carbonyl (C=O) groups is 5. The average Bonchev–Trinajstić information content (AvgIpc) is 3.03. The van der Waals surface area contributed by atoms with E-state index in [0.29, 0.717) is 25.8 Å². The summed E-state index contributed by atoms with van der Waals surface area (Å²) >= 11 is 0. The van der Waals surface area contributed by atoms with E-state index in [1.165, 1.54) is 6.92 Å². The molecule has 0 aromatic heterocycles. The lowest BCUT2D eigenvalue weighted by Gasteiger charge is -2.26. The van der Waals surface area contributed by atoms with Crippen molar-refractivity contribution in [3.05, 3.63) is 71.8 Å². The molecule has 0 aliphatic rings. The Morgan fingerprint density at radius 1 is 0.711 bits per heavy atom. The Kier molecular flexibility index (Phi) is 15.7. The van der Waals surface area contributed by atoms with Crippen molar-refractivity contribution in [2.45, 2.75) is 89.5 Å². The highest BCUT2D eigenvalue weighted by atomic mass is 16.4. The molecule has 2 rings (SSSR count). The third-order valence-corrected chi connectivity index (χ3v) is 7.67. The van der Waals surface area contributed by atoms with Gasteiger partial charge in [-0.2, -0.15) is 0 Å². The molecule has 0 saturated carbocycles. The van der Waals surface area contributed by atoms with Crippen molar-refractivity contribution < 1.29 is 29.1 Å². The van der Waals surface area contributed by atoms with Crippen molar-refractivity contribution >= 4 is 29.6 Å². The van der Waals surface area contributed by atoms with Crippen molar-refractivity contribution in [3.63, 3.8) is 0 Å². The van der Waals surface area contributed by atoms with Gasteiger partial charge >= 0.3 is 5.97 Å². The van der Waals surface area contributed by atoms with Gasteiger partial charge in [0, 0.05) is 12.8 Å². The van der Waals surface area contributed by atoms with Gasteiger partial charge in [0.15, 0.2) is 0 Å². The number of aliphatic carboxylic acids is 1. The van der Waals surface area contributed by atoms with Gasteiger partial charge in [-0.1, -0.05) is 87.4 Å². The minimum absolute atomic E-state index is 0.0979. The standard InChI is InChI=1S/C33H48N6O6/c1-4-21(2)28(33(44)45)39-32(43)27(20-24-15-9-6-10-16-24)37-29(40)22(3)36-31(42)26(19-23-13-7-5-8-14-23)38-30(41)25(35)17-11-12-18-34/h5-10,13-16,21-22,25-28H,4,11-12,17-20,34-35H2,1-3H3,(H,36,42)(H,37,40)(H,38,41)(H,39,43)(H,44,45)/t21-,22-,25-,26-,27-,28-/m0/s1. The van der Waals surface area contributed by atoms with Crippen molar-refractivity contribution in [1.82, 2.24) is 21.3 Å². The number of amides is 4. The van der Waals surface area contributed by atoms with Crippen LogP contribution in [0, 0.1) is 5.92 Å². The van der Waals surface area contributed by atoms with Gasteiger partial charge < -0.3 is 37.8 Å². The van der Waals surface area contributed by atoms with E-state index in [0.717, 1.165) is 17.5 Å². The van der Waals surface area contributed by atoms with Crippen LogP contribution in [-0.2, 0) is 36.8 Å². The summed E-state index contributed by atoms with van der Waals surface area (Å²) in [4.78, 5) is 64.7. The molecule has 9 N–H and O–H groups in total. The predicted octanol–water partition coefficient (Wildman–Crippen LogP) is 1.02. The molecule has 246 valence electrons. The summed E-state index contributed by atoms with van der Waals surface area (Å²) in [5.74, 6) is -3.92. The molecule has 0 aliphatic heterocycles. The van der Waals surface area contributed by atoms with Gasteiger partial charge in [-0.25, -0.2) is 4.79 Å². The molecule has 0 radical (unpaired) electrons. The molecule has 45 heavy (non-hydrogen) atoms. The second-order valence-electron chi connectivity index (χ2n) is 11.3. The SMILES string of the molecule is CC[C@H](C)[C@H](NC(=O)[C@H](Cc1ccccc1)NC(=O)[C@H](C)NC(=O)[C@H](Cc1ccccc1)NC(=O)[C@@H](N)CCCCN)C(=O)O. The van der Waals surface area contributed by atoms with E-state index in [1.54, 1.807) is 31.2 Å². The van der Waals surface area contributed by atoms with Gasteiger partial charge in [-0.3, -0.25) is 19.2 Å². The largest absolute Gasteiger partial charge is 0.480 e. The highest BCUT2D eigenvalue weighted by molar-refractivity contribution is 5.95. The number of rotatable bonds is 19. The van der Waals surface area contributed by atoms with Crippen molar-refractivity contribution in [2.75, 3.05) is 6.54 Å². The summed E-state index contributed by atoms with van der Waals surface area (Å²) < 4.78 is 0. The average molecular weight is 625 g/mol. The highest BCUT2D eigenvalue weighted by Gasteiger charge is 2.32. The number of nitrogens with two attached hydrogens (primary N) is 2. The Labute approximate surface area is 265 Å². The molecule has 0 bridgehead atoms. The van der Waals surface area contributed by atoms with Gasteiger partial charge in [0.05, 0.1) is 6.04 Å². The summed E-state index contributed by atoms with van der Waals surface area (Å²) in [6, 6.07) is 12.9. The number of hydrogen-bond acceptors (Lipinski definition) is 7. The second-order valence-corrected chi connectivity index (χ2v) is 11.3. The van der Waals surface area contributed by atoms with Crippen LogP contribution in [0.4, 0.5) is 0 Å². The number of hydrogen-bond donors (Lipinski definition) is 7. The molecule has 2 aromatic carbocycles. The maximum Gasteiger partial charge on any atom is 0.326 e. The first kappa shape index (κ1) is 36.9. The maximum atomic E-state index is 13.4. The fourth-order valence-corrected chi connectivity index (χ4v) is 4.65. The van der Waals surface area contributed by atoms with Crippen LogP contribution in [0.2, 0.25) is 0 Å². The third kappa shape index (κ3) is 12.7. The summed E-state index contributed by atoms with van der Waals surface area (Å²) in [5.41, 5.74) is 13.1. The van der Waals surface area contributed by atoms with Crippen LogP contribution >= 0.6 is 0 Å². The van der Waals surface area contributed by atoms with Crippen molar-refractivity contribution in [2.24, 2.45) is 17.4 Å². The van der Waals surface area contributed by atoms with Crippen LogP contribution < -0.4 is 32.7 Å². The van der Waals surface area contributed by atoms with Crippen LogP contribution in [0.3, 0.4) is 0 Å². The minimum atomic E-state index is -1.17. The number of nitrogens with one attached hydrogen (secondary N) is 4. The summed E-state index contributed by atoms with van der Waals surface area (Å²) in [7, 11) is 0. The van der Waals surface area contributed by atoms with Crippen LogP contribution in [0.15, 0.2) is 60.7 Å². The lowest BCUT2D eigenvalue weighted by Crippen LogP contribution is -2.58.